The van der Waals surface area contributed by atoms with E-state index in [0.29, 0.717) is 5.78 Å². The topological polar surface area (TPSA) is 41.1 Å². The molecule has 0 aromatic carbocycles. The molecule has 1 fully saturated rings. The number of carbonyl (C=O) groups is 1. The highest BCUT2D eigenvalue weighted by molar-refractivity contribution is 5.90. The summed E-state index contributed by atoms with van der Waals surface area (Å²) in [4.78, 5) is 12.4. The lowest BCUT2D eigenvalue weighted by Crippen LogP contribution is -2.63. The van der Waals surface area contributed by atoms with Crippen LogP contribution in [0.2, 0.25) is 0 Å². The van der Waals surface area contributed by atoms with Gasteiger partial charge < -0.3 is 10.6 Å². The monoisotopic (exact) mass is 226 g/mol. The molecule has 2 N–H and O–H groups in total. The molecule has 0 aliphatic carbocycles. The van der Waals surface area contributed by atoms with Gasteiger partial charge in [-0.25, -0.2) is 0 Å². The van der Waals surface area contributed by atoms with E-state index < -0.39 is 0 Å². The van der Waals surface area contributed by atoms with E-state index in [9.17, 15) is 4.79 Å². The highest BCUT2D eigenvalue weighted by Crippen LogP contribution is 2.26. The van der Waals surface area contributed by atoms with Crippen LogP contribution < -0.4 is 10.6 Å². The molecule has 1 aliphatic rings. The van der Waals surface area contributed by atoms with Crippen molar-refractivity contribution in [3.05, 3.63) is 0 Å². The fraction of sp³-hybridized carbons (Fsp3) is 0.923. The van der Waals surface area contributed by atoms with E-state index in [1.54, 1.807) is 0 Å². The summed E-state index contributed by atoms with van der Waals surface area (Å²) >= 11 is 0. The average Bonchev–Trinajstić information content (AvgIpc) is 2.15. The van der Waals surface area contributed by atoms with Crippen molar-refractivity contribution in [2.45, 2.75) is 58.5 Å². The van der Waals surface area contributed by atoms with Gasteiger partial charge in [-0.1, -0.05) is 13.8 Å². The summed E-state index contributed by atoms with van der Waals surface area (Å²) in [5, 5.41) is 6.89. The molecule has 1 rings (SSSR count). The van der Waals surface area contributed by atoms with Crippen LogP contribution in [-0.2, 0) is 4.79 Å². The third-order valence-corrected chi connectivity index (χ3v) is 3.07. The standard InChI is InChI=1S/C13H26N2O/c1-10(2)11(16)13(15-12(3,4)5)6-8-14-9-7-13/h10,14-15H,6-9H2,1-5H3. The Kier molecular flexibility index (Phi) is 4.13. The van der Waals surface area contributed by atoms with Gasteiger partial charge in [-0.3, -0.25) is 4.79 Å². The van der Waals surface area contributed by atoms with Crippen LogP contribution in [0, 0.1) is 5.92 Å². The molecule has 0 bridgehead atoms. The minimum Gasteiger partial charge on any atom is -0.317 e. The molecule has 0 aromatic rings. The molecular weight excluding hydrogens is 200 g/mol. The molecule has 16 heavy (non-hydrogen) atoms. The van der Waals surface area contributed by atoms with Gasteiger partial charge in [-0.15, -0.1) is 0 Å². The van der Waals surface area contributed by atoms with Crippen molar-refractivity contribution >= 4 is 5.78 Å². The number of ketones is 1. The predicted octanol–water partition coefficient (Wildman–Crippen LogP) is 1.72. The van der Waals surface area contributed by atoms with Gasteiger partial charge in [0.1, 0.15) is 0 Å². The van der Waals surface area contributed by atoms with E-state index >= 15 is 0 Å². The van der Waals surface area contributed by atoms with Crippen molar-refractivity contribution in [3.63, 3.8) is 0 Å². The van der Waals surface area contributed by atoms with E-state index in [1.807, 2.05) is 13.8 Å². The van der Waals surface area contributed by atoms with Gasteiger partial charge in [0.15, 0.2) is 5.78 Å². The van der Waals surface area contributed by atoms with Crippen molar-refractivity contribution in [3.8, 4) is 0 Å². The summed E-state index contributed by atoms with van der Waals surface area (Å²) in [6, 6.07) is 0. The molecule has 1 heterocycles. The van der Waals surface area contributed by atoms with Gasteiger partial charge in [-0.2, -0.15) is 0 Å². The largest absolute Gasteiger partial charge is 0.317 e. The summed E-state index contributed by atoms with van der Waals surface area (Å²) in [7, 11) is 0. The molecule has 3 nitrogen and oxygen atoms in total. The van der Waals surface area contributed by atoms with Gasteiger partial charge in [-0.05, 0) is 46.7 Å². The Labute approximate surface area is 99.4 Å². The molecule has 0 amide bonds. The van der Waals surface area contributed by atoms with Crippen LogP contribution in [0.3, 0.4) is 0 Å². The van der Waals surface area contributed by atoms with Crippen LogP contribution in [0.4, 0.5) is 0 Å². The van der Waals surface area contributed by atoms with Gasteiger partial charge in [0.25, 0.3) is 0 Å². The number of piperidine rings is 1. The Morgan fingerprint density at radius 1 is 1.25 bits per heavy atom. The lowest BCUT2D eigenvalue weighted by Gasteiger charge is -2.43. The first kappa shape index (κ1) is 13.7. The molecule has 94 valence electrons. The summed E-state index contributed by atoms with van der Waals surface area (Å²) in [5.74, 6) is 0.469. The molecular formula is C13H26N2O. The summed E-state index contributed by atoms with van der Waals surface area (Å²) < 4.78 is 0. The smallest absolute Gasteiger partial charge is 0.155 e. The van der Waals surface area contributed by atoms with E-state index in [-0.39, 0.29) is 17.0 Å². The van der Waals surface area contributed by atoms with Crippen molar-refractivity contribution in [2.75, 3.05) is 13.1 Å². The zero-order valence-electron chi connectivity index (χ0n) is 11.3. The molecule has 3 heteroatoms. The number of carbonyl (C=O) groups excluding carboxylic acids is 1. The third kappa shape index (κ3) is 3.29. The normalized spacial score (nSPS) is 21.1. The van der Waals surface area contributed by atoms with Gasteiger partial charge in [0.05, 0.1) is 5.54 Å². The quantitative estimate of drug-likeness (QED) is 0.770. The fourth-order valence-corrected chi connectivity index (χ4v) is 2.56. The highest BCUT2D eigenvalue weighted by atomic mass is 16.1. The maximum atomic E-state index is 12.4. The molecule has 0 saturated carbocycles. The Hall–Kier alpha value is -0.410. The Bertz CT molecular complexity index is 247. The molecule has 0 atom stereocenters. The minimum absolute atomic E-state index is 0.0120. The van der Waals surface area contributed by atoms with Gasteiger partial charge in [0.2, 0.25) is 0 Å². The number of nitrogens with one attached hydrogen (secondary N) is 2. The van der Waals surface area contributed by atoms with Crippen LogP contribution >= 0.6 is 0 Å². The first-order chi connectivity index (χ1) is 7.27. The van der Waals surface area contributed by atoms with Crippen molar-refractivity contribution < 1.29 is 4.79 Å². The first-order valence-electron chi connectivity index (χ1n) is 6.31. The molecule has 0 radical (unpaired) electrons. The predicted molar refractivity (Wildman–Crippen MR) is 67.6 cm³/mol. The number of hydrogen-bond acceptors (Lipinski definition) is 3. The van der Waals surface area contributed by atoms with Crippen molar-refractivity contribution in [1.82, 2.24) is 10.6 Å². The van der Waals surface area contributed by atoms with Crippen LogP contribution in [0.1, 0.15) is 47.5 Å². The van der Waals surface area contributed by atoms with Gasteiger partial charge >= 0.3 is 0 Å². The lowest BCUT2D eigenvalue weighted by molar-refractivity contribution is -0.130. The molecule has 1 saturated heterocycles. The highest BCUT2D eigenvalue weighted by Gasteiger charge is 2.42. The number of hydrogen-bond donors (Lipinski definition) is 2. The van der Waals surface area contributed by atoms with Crippen LogP contribution in [-0.4, -0.2) is 30.0 Å². The fourth-order valence-electron chi connectivity index (χ4n) is 2.56. The zero-order chi connectivity index (χ0) is 12.4. The Morgan fingerprint density at radius 3 is 2.12 bits per heavy atom. The summed E-state index contributed by atoms with van der Waals surface area (Å²) in [5.41, 5.74) is -0.320. The van der Waals surface area contributed by atoms with Crippen LogP contribution in [0.15, 0.2) is 0 Å². The molecule has 0 spiro atoms. The second-order valence-corrected chi connectivity index (χ2v) is 6.23. The van der Waals surface area contributed by atoms with E-state index in [4.69, 9.17) is 0 Å². The summed E-state index contributed by atoms with van der Waals surface area (Å²) in [6.45, 7) is 12.2. The first-order valence-corrected chi connectivity index (χ1v) is 6.31. The van der Waals surface area contributed by atoms with Crippen LogP contribution in [0.5, 0.6) is 0 Å². The zero-order valence-corrected chi connectivity index (χ0v) is 11.3. The van der Waals surface area contributed by atoms with E-state index in [0.717, 1.165) is 25.9 Å². The maximum Gasteiger partial charge on any atom is 0.155 e. The second kappa shape index (κ2) is 4.84. The Morgan fingerprint density at radius 2 is 1.75 bits per heavy atom. The maximum absolute atomic E-state index is 12.4. The van der Waals surface area contributed by atoms with Crippen molar-refractivity contribution in [1.29, 1.82) is 0 Å². The number of rotatable bonds is 3. The third-order valence-electron chi connectivity index (χ3n) is 3.07. The summed E-state index contributed by atoms with van der Waals surface area (Å²) in [6.07, 6.45) is 1.81. The minimum atomic E-state index is -0.308. The molecule has 0 aromatic heterocycles. The molecule has 1 aliphatic heterocycles. The SMILES string of the molecule is CC(C)C(=O)C1(NC(C)(C)C)CCNCC1. The Balaban J connectivity index is 2.87. The number of Topliss-reactive ketones (excluding diaryl/α,β-unsaturated/α-hetero) is 1. The van der Waals surface area contributed by atoms with E-state index in [2.05, 4.69) is 31.4 Å². The second-order valence-electron chi connectivity index (χ2n) is 6.23. The van der Waals surface area contributed by atoms with Crippen LogP contribution in [0.25, 0.3) is 0 Å². The average molecular weight is 226 g/mol. The van der Waals surface area contributed by atoms with Crippen molar-refractivity contribution in [2.24, 2.45) is 5.92 Å². The van der Waals surface area contributed by atoms with Gasteiger partial charge in [0, 0.05) is 11.5 Å². The lowest BCUT2D eigenvalue weighted by atomic mass is 9.78. The van der Waals surface area contributed by atoms with E-state index in [1.165, 1.54) is 0 Å². The molecule has 0 unspecified atom stereocenters.